The Morgan fingerprint density at radius 1 is 1.07 bits per heavy atom. The molecule has 2 heterocycles. The molecule has 0 amide bonds. The Kier molecular flexibility index (Phi) is 7.32. The highest BCUT2D eigenvalue weighted by molar-refractivity contribution is 6.27. The highest BCUT2D eigenvalue weighted by atomic mass is 16.5. The molecular weight excluding hydrogens is 354 g/mol. The fourth-order valence-electron chi connectivity index (χ4n) is 3.71. The van der Waals surface area contributed by atoms with E-state index in [4.69, 9.17) is 24.5 Å². The van der Waals surface area contributed by atoms with Crippen LogP contribution in [0, 0.1) is 0 Å². The maximum Gasteiger partial charge on any atom is 0.414 e. The number of nitrogens with zero attached hydrogens (tertiary/aromatic N) is 1. The van der Waals surface area contributed by atoms with Crippen molar-refractivity contribution in [2.24, 2.45) is 0 Å². The number of fused-ring (bicyclic) bond motifs is 2. The Morgan fingerprint density at radius 3 is 2.04 bits per heavy atom. The summed E-state index contributed by atoms with van der Waals surface area (Å²) < 4.78 is 5.70. The Morgan fingerprint density at radius 2 is 1.59 bits per heavy atom. The SMILES string of the molecule is CN1[C@@H]2CC[C@H]1C[C@@H](OC(=O)C(CO)c1ccccc1)C2.O=C(O)C(=O)O. The molecule has 3 rings (SSSR count). The van der Waals surface area contributed by atoms with Gasteiger partial charge in [-0.25, -0.2) is 9.59 Å². The third-order valence-corrected chi connectivity index (χ3v) is 5.19. The van der Waals surface area contributed by atoms with E-state index in [-0.39, 0.29) is 18.7 Å². The van der Waals surface area contributed by atoms with Crippen molar-refractivity contribution in [1.82, 2.24) is 4.90 Å². The molecule has 8 heteroatoms. The van der Waals surface area contributed by atoms with Gasteiger partial charge in [0.05, 0.1) is 6.61 Å². The predicted octanol–water partition coefficient (Wildman–Crippen LogP) is 1.09. The quantitative estimate of drug-likeness (QED) is 0.524. The highest BCUT2D eigenvalue weighted by Gasteiger charge is 2.40. The van der Waals surface area contributed by atoms with Gasteiger partial charge >= 0.3 is 17.9 Å². The first-order valence-electron chi connectivity index (χ1n) is 8.88. The van der Waals surface area contributed by atoms with E-state index in [1.807, 2.05) is 30.3 Å². The van der Waals surface area contributed by atoms with E-state index < -0.39 is 17.9 Å². The number of carboxylic acids is 2. The third-order valence-electron chi connectivity index (χ3n) is 5.19. The minimum absolute atomic E-state index is 0.00367. The molecule has 8 nitrogen and oxygen atoms in total. The lowest BCUT2D eigenvalue weighted by atomic mass is 9.98. The van der Waals surface area contributed by atoms with Gasteiger partial charge in [-0.3, -0.25) is 4.79 Å². The number of aliphatic hydroxyl groups excluding tert-OH is 1. The van der Waals surface area contributed by atoms with Crippen LogP contribution in [0.15, 0.2) is 30.3 Å². The first kappa shape index (κ1) is 20.9. The molecule has 148 valence electrons. The molecule has 0 spiro atoms. The van der Waals surface area contributed by atoms with Crippen LogP contribution >= 0.6 is 0 Å². The number of aliphatic hydroxyl groups is 1. The molecule has 0 saturated carbocycles. The molecule has 2 aliphatic rings. The predicted molar refractivity (Wildman–Crippen MR) is 95.2 cm³/mol. The molecule has 27 heavy (non-hydrogen) atoms. The summed E-state index contributed by atoms with van der Waals surface area (Å²) in [7, 11) is 2.17. The fraction of sp³-hybridized carbons (Fsp3) is 0.526. The lowest BCUT2D eigenvalue weighted by molar-refractivity contribution is -0.159. The molecule has 3 N–H and O–H groups in total. The number of carboxylic acid groups (broad SMARTS) is 2. The van der Waals surface area contributed by atoms with E-state index in [0.29, 0.717) is 12.1 Å². The van der Waals surface area contributed by atoms with Gasteiger partial charge in [0.25, 0.3) is 0 Å². The maximum atomic E-state index is 12.4. The van der Waals surface area contributed by atoms with Crippen molar-refractivity contribution in [3.63, 3.8) is 0 Å². The van der Waals surface area contributed by atoms with E-state index in [1.165, 1.54) is 12.8 Å². The Labute approximate surface area is 157 Å². The number of carbonyl (C=O) groups is 3. The summed E-state index contributed by atoms with van der Waals surface area (Å²) in [6.07, 6.45) is 4.26. The van der Waals surface area contributed by atoms with Crippen LogP contribution < -0.4 is 0 Å². The average Bonchev–Trinajstić information content (AvgIpc) is 2.84. The van der Waals surface area contributed by atoms with Gasteiger partial charge in [0.1, 0.15) is 12.0 Å². The maximum absolute atomic E-state index is 12.4. The van der Waals surface area contributed by atoms with Crippen LogP contribution in [0.2, 0.25) is 0 Å². The summed E-state index contributed by atoms with van der Waals surface area (Å²) >= 11 is 0. The minimum Gasteiger partial charge on any atom is -0.473 e. The monoisotopic (exact) mass is 379 g/mol. The Bertz CT molecular complexity index is 637. The van der Waals surface area contributed by atoms with Gasteiger partial charge in [-0.15, -0.1) is 0 Å². The third kappa shape index (κ3) is 5.51. The number of carbonyl (C=O) groups excluding carboxylic acids is 1. The van der Waals surface area contributed by atoms with E-state index in [9.17, 15) is 9.90 Å². The summed E-state index contributed by atoms with van der Waals surface area (Å²) in [5, 5.41) is 24.3. The molecule has 2 bridgehead atoms. The summed E-state index contributed by atoms with van der Waals surface area (Å²) in [6.45, 7) is -0.206. The molecule has 1 aromatic carbocycles. The molecule has 0 aliphatic carbocycles. The molecule has 4 atom stereocenters. The lowest BCUT2D eigenvalue weighted by Gasteiger charge is -2.36. The van der Waals surface area contributed by atoms with Crippen molar-refractivity contribution in [3.05, 3.63) is 35.9 Å². The number of hydrogen-bond donors (Lipinski definition) is 3. The van der Waals surface area contributed by atoms with Gasteiger partial charge in [-0.05, 0) is 38.3 Å². The molecule has 1 aromatic rings. The van der Waals surface area contributed by atoms with Crippen molar-refractivity contribution < 1.29 is 34.4 Å². The normalized spacial score (nSPS) is 25.0. The first-order valence-corrected chi connectivity index (χ1v) is 8.88. The highest BCUT2D eigenvalue weighted by Crippen LogP contribution is 2.36. The van der Waals surface area contributed by atoms with Crippen molar-refractivity contribution in [3.8, 4) is 0 Å². The van der Waals surface area contributed by atoms with Crippen molar-refractivity contribution in [2.45, 2.75) is 49.8 Å². The smallest absolute Gasteiger partial charge is 0.414 e. The molecule has 0 radical (unpaired) electrons. The van der Waals surface area contributed by atoms with Crippen LogP contribution in [0.3, 0.4) is 0 Å². The zero-order valence-electron chi connectivity index (χ0n) is 15.2. The average molecular weight is 379 g/mol. The van der Waals surface area contributed by atoms with Gasteiger partial charge in [-0.2, -0.15) is 0 Å². The number of rotatable bonds is 4. The fourth-order valence-corrected chi connectivity index (χ4v) is 3.71. The van der Waals surface area contributed by atoms with Gasteiger partial charge in [0.2, 0.25) is 0 Å². The van der Waals surface area contributed by atoms with Gasteiger partial charge in [-0.1, -0.05) is 30.3 Å². The zero-order valence-corrected chi connectivity index (χ0v) is 15.2. The molecular formula is C19H25NO7. The summed E-state index contributed by atoms with van der Waals surface area (Å²) in [5.41, 5.74) is 0.820. The van der Waals surface area contributed by atoms with E-state index in [2.05, 4.69) is 11.9 Å². The van der Waals surface area contributed by atoms with Gasteiger partial charge in [0.15, 0.2) is 0 Å². The largest absolute Gasteiger partial charge is 0.473 e. The Balaban J connectivity index is 0.000000380. The number of aliphatic carboxylic acids is 2. The Hall–Kier alpha value is -2.45. The van der Waals surface area contributed by atoms with E-state index >= 15 is 0 Å². The van der Waals surface area contributed by atoms with Crippen LogP contribution in [-0.4, -0.2) is 70.0 Å². The standard InChI is InChI=1S/C17H23NO3.C2H2O4/c1-18-13-7-8-14(18)10-15(9-13)21-17(20)16(11-19)12-5-3-2-4-6-12;3-1(4)2(5)6/h2-6,13-16,19H,7-11H2,1H3;(H,3,4)(H,5,6)/t13-,14+,15+,16?;. The topological polar surface area (TPSA) is 124 Å². The van der Waals surface area contributed by atoms with E-state index in [1.54, 1.807) is 0 Å². The number of esters is 1. The number of hydrogen-bond acceptors (Lipinski definition) is 6. The first-order chi connectivity index (χ1) is 12.8. The molecule has 2 aliphatic heterocycles. The van der Waals surface area contributed by atoms with Crippen LogP contribution in [-0.2, 0) is 19.1 Å². The number of ether oxygens (including phenoxy) is 1. The second-order valence-corrected chi connectivity index (χ2v) is 6.84. The number of benzene rings is 1. The molecule has 0 aromatic heterocycles. The van der Waals surface area contributed by atoms with Crippen molar-refractivity contribution in [2.75, 3.05) is 13.7 Å². The zero-order chi connectivity index (χ0) is 20.0. The summed E-state index contributed by atoms with van der Waals surface area (Å²) in [5.74, 6) is -4.51. The lowest BCUT2D eigenvalue weighted by Crippen LogP contribution is -2.43. The van der Waals surface area contributed by atoms with Crippen LogP contribution in [0.4, 0.5) is 0 Å². The molecule has 2 saturated heterocycles. The van der Waals surface area contributed by atoms with Crippen LogP contribution in [0.25, 0.3) is 0 Å². The van der Waals surface area contributed by atoms with Crippen LogP contribution in [0.5, 0.6) is 0 Å². The van der Waals surface area contributed by atoms with Gasteiger partial charge in [0, 0.05) is 12.1 Å². The second-order valence-electron chi connectivity index (χ2n) is 6.84. The van der Waals surface area contributed by atoms with Gasteiger partial charge < -0.3 is 25.0 Å². The van der Waals surface area contributed by atoms with Crippen LogP contribution in [0.1, 0.15) is 37.2 Å². The number of piperidine rings is 1. The molecule has 2 fully saturated rings. The molecule has 1 unspecified atom stereocenters. The van der Waals surface area contributed by atoms with E-state index in [0.717, 1.165) is 18.4 Å². The second kappa shape index (κ2) is 9.48. The minimum atomic E-state index is -1.82. The summed E-state index contributed by atoms with van der Waals surface area (Å²) in [4.78, 5) is 33.0. The van der Waals surface area contributed by atoms with Crippen molar-refractivity contribution >= 4 is 17.9 Å². The van der Waals surface area contributed by atoms with Crippen molar-refractivity contribution in [1.29, 1.82) is 0 Å². The summed E-state index contributed by atoms with van der Waals surface area (Å²) in [6, 6.07) is 10.5.